The highest BCUT2D eigenvalue weighted by Crippen LogP contribution is 2.21. The maximum atomic E-state index is 12.2. The summed E-state index contributed by atoms with van der Waals surface area (Å²) in [7, 11) is 0. The van der Waals surface area contributed by atoms with Gasteiger partial charge in [0.25, 0.3) is 0 Å². The van der Waals surface area contributed by atoms with E-state index in [0.717, 1.165) is 25.9 Å². The summed E-state index contributed by atoms with van der Waals surface area (Å²) in [6.45, 7) is 6.01. The zero-order valence-corrected chi connectivity index (χ0v) is 11.0. The Morgan fingerprint density at radius 2 is 2.06 bits per heavy atom. The summed E-state index contributed by atoms with van der Waals surface area (Å²) in [4.78, 5) is 14.2. The standard InChI is InChI=1S/C14H24N2O/c1-11-9-16(10-12(2)15-11)14(17)8-13-6-4-3-5-7-13/h6,11-12,15H,3-5,7-10H2,1-2H3. The zero-order chi connectivity index (χ0) is 12.3. The molecule has 2 atom stereocenters. The molecular formula is C14H24N2O. The molecule has 17 heavy (non-hydrogen) atoms. The number of carbonyl (C=O) groups excluding carboxylic acids is 1. The van der Waals surface area contributed by atoms with E-state index in [4.69, 9.17) is 0 Å². The Balaban J connectivity index is 1.88. The van der Waals surface area contributed by atoms with Gasteiger partial charge in [-0.1, -0.05) is 11.6 Å². The third-order valence-electron chi connectivity index (χ3n) is 3.67. The summed E-state index contributed by atoms with van der Waals surface area (Å²) in [5, 5.41) is 3.46. The Morgan fingerprint density at radius 3 is 2.65 bits per heavy atom. The molecule has 0 radical (unpaired) electrons. The Labute approximate surface area is 104 Å². The maximum absolute atomic E-state index is 12.2. The molecule has 0 spiro atoms. The van der Waals surface area contributed by atoms with E-state index in [1.165, 1.54) is 18.4 Å². The molecule has 1 fully saturated rings. The summed E-state index contributed by atoms with van der Waals surface area (Å²) in [6, 6.07) is 0.839. The van der Waals surface area contributed by atoms with Crippen molar-refractivity contribution in [2.24, 2.45) is 0 Å². The highest BCUT2D eigenvalue weighted by Gasteiger charge is 2.25. The van der Waals surface area contributed by atoms with Crippen molar-refractivity contribution >= 4 is 5.91 Å². The van der Waals surface area contributed by atoms with Gasteiger partial charge < -0.3 is 10.2 Å². The first-order valence-corrected chi connectivity index (χ1v) is 6.87. The highest BCUT2D eigenvalue weighted by molar-refractivity contribution is 5.79. The van der Waals surface area contributed by atoms with Crippen LogP contribution in [0.4, 0.5) is 0 Å². The van der Waals surface area contributed by atoms with Gasteiger partial charge in [0, 0.05) is 31.6 Å². The van der Waals surface area contributed by atoms with Gasteiger partial charge in [0.15, 0.2) is 0 Å². The lowest BCUT2D eigenvalue weighted by molar-refractivity contribution is -0.132. The summed E-state index contributed by atoms with van der Waals surface area (Å²) >= 11 is 0. The molecule has 96 valence electrons. The van der Waals surface area contributed by atoms with Gasteiger partial charge in [0.2, 0.25) is 5.91 Å². The average molecular weight is 236 g/mol. The van der Waals surface area contributed by atoms with Crippen LogP contribution in [0.25, 0.3) is 0 Å². The Hall–Kier alpha value is -0.830. The molecule has 2 unspecified atom stereocenters. The van der Waals surface area contributed by atoms with E-state index in [1.54, 1.807) is 0 Å². The smallest absolute Gasteiger partial charge is 0.226 e. The third kappa shape index (κ3) is 3.56. The monoisotopic (exact) mass is 236 g/mol. The second kappa shape index (κ2) is 5.67. The largest absolute Gasteiger partial charge is 0.339 e. The Bertz CT molecular complexity index is 301. The van der Waals surface area contributed by atoms with Crippen LogP contribution >= 0.6 is 0 Å². The number of carbonyl (C=O) groups is 1. The minimum atomic E-state index is 0.318. The second-order valence-corrected chi connectivity index (χ2v) is 5.55. The second-order valence-electron chi connectivity index (χ2n) is 5.55. The number of hydrogen-bond donors (Lipinski definition) is 1. The van der Waals surface area contributed by atoms with Gasteiger partial charge in [-0.15, -0.1) is 0 Å². The van der Waals surface area contributed by atoms with Gasteiger partial charge in [-0.25, -0.2) is 0 Å². The molecule has 1 heterocycles. The van der Waals surface area contributed by atoms with Crippen LogP contribution in [0.2, 0.25) is 0 Å². The fourth-order valence-corrected chi connectivity index (χ4v) is 2.90. The molecule has 1 saturated heterocycles. The fraction of sp³-hybridized carbons (Fsp3) is 0.786. The Kier molecular flexibility index (Phi) is 4.21. The number of allylic oxidation sites excluding steroid dienone is 1. The zero-order valence-electron chi connectivity index (χ0n) is 11.0. The van der Waals surface area contributed by atoms with Crippen LogP contribution in [-0.2, 0) is 4.79 Å². The van der Waals surface area contributed by atoms with E-state index in [-0.39, 0.29) is 0 Å². The summed E-state index contributed by atoms with van der Waals surface area (Å²) < 4.78 is 0. The summed E-state index contributed by atoms with van der Waals surface area (Å²) in [5.41, 5.74) is 1.36. The van der Waals surface area contributed by atoms with Gasteiger partial charge in [0.1, 0.15) is 0 Å². The van der Waals surface area contributed by atoms with Gasteiger partial charge in [-0.05, 0) is 39.5 Å². The fourth-order valence-electron chi connectivity index (χ4n) is 2.90. The predicted molar refractivity (Wildman–Crippen MR) is 69.8 cm³/mol. The lowest BCUT2D eigenvalue weighted by Crippen LogP contribution is -2.55. The number of hydrogen-bond acceptors (Lipinski definition) is 2. The lowest BCUT2D eigenvalue weighted by atomic mass is 9.96. The number of piperazine rings is 1. The van der Waals surface area contributed by atoms with Crippen LogP contribution in [0.3, 0.4) is 0 Å². The van der Waals surface area contributed by atoms with Crippen LogP contribution in [-0.4, -0.2) is 36.0 Å². The first kappa shape index (κ1) is 12.6. The molecule has 0 aromatic heterocycles. The quantitative estimate of drug-likeness (QED) is 0.745. The van der Waals surface area contributed by atoms with Crippen molar-refractivity contribution in [1.82, 2.24) is 10.2 Å². The van der Waals surface area contributed by atoms with Crippen molar-refractivity contribution in [2.75, 3.05) is 13.1 Å². The topological polar surface area (TPSA) is 32.3 Å². The molecule has 0 bridgehead atoms. The minimum absolute atomic E-state index is 0.318. The van der Waals surface area contributed by atoms with Gasteiger partial charge >= 0.3 is 0 Å². The maximum Gasteiger partial charge on any atom is 0.226 e. The van der Waals surface area contributed by atoms with E-state index in [0.29, 0.717) is 24.4 Å². The average Bonchev–Trinajstić information content (AvgIpc) is 2.29. The van der Waals surface area contributed by atoms with E-state index in [9.17, 15) is 4.79 Å². The van der Waals surface area contributed by atoms with Gasteiger partial charge in [-0.3, -0.25) is 4.79 Å². The normalized spacial score (nSPS) is 30.0. The van der Waals surface area contributed by atoms with Gasteiger partial charge in [0.05, 0.1) is 0 Å². The van der Waals surface area contributed by atoms with E-state index < -0.39 is 0 Å². The molecule has 1 N–H and O–H groups in total. The number of rotatable bonds is 2. The SMILES string of the molecule is CC1CN(C(=O)CC2=CCCCC2)CC(C)N1. The molecule has 0 aromatic rings. The summed E-state index contributed by atoms with van der Waals surface area (Å²) in [6.07, 6.45) is 7.77. The number of amides is 1. The lowest BCUT2D eigenvalue weighted by Gasteiger charge is -2.36. The van der Waals surface area contributed by atoms with E-state index in [2.05, 4.69) is 25.2 Å². The molecule has 1 amide bonds. The van der Waals surface area contributed by atoms with Gasteiger partial charge in [-0.2, -0.15) is 0 Å². The van der Waals surface area contributed by atoms with Crippen molar-refractivity contribution in [3.8, 4) is 0 Å². The van der Waals surface area contributed by atoms with Crippen LogP contribution in [0, 0.1) is 0 Å². The number of nitrogens with one attached hydrogen (secondary N) is 1. The molecule has 0 aromatic carbocycles. The molecule has 2 aliphatic rings. The number of nitrogens with zero attached hydrogens (tertiary/aromatic N) is 1. The van der Waals surface area contributed by atoms with E-state index >= 15 is 0 Å². The molecule has 1 aliphatic carbocycles. The minimum Gasteiger partial charge on any atom is -0.339 e. The molecule has 1 aliphatic heterocycles. The van der Waals surface area contributed by atoms with Crippen LogP contribution in [0.1, 0.15) is 46.0 Å². The first-order valence-electron chi connectivity index (χ1n) is 6.87. The van der Waals surface area contributed by atoms with Crippen molar-refractivity contribution in [3.05, 3.63) is 11.6 Å². The molecular weight excluding hydrogens is 212 g/mol. The Morgan fingerprint density at radius 1 is 1.35 bits per heavy atom. The molecule has 3 heteroatoms. The predicted octanol–water partition coefficient (Wildman–Crippen LogP) is 2.09. The third-order valence-corrected chi connectivity index (χ3v) is 3.67. The van der Waals surface area contributed by atoms with Crippen LogP contribution in [0.15, 0.2) is 11.6 Å². The van der Waals surface area contributed by atoms with E-state index in [1.807, 2.05) is 4.90 Å². The van der Waals surface area contributed by atoms with Crippen molar-refractivity contribution < 1.29 is 4.79 Å². The highest BCUT2D eigenvalue weighted by atomic mass is 16.2. The van der Waals surface area contributed by atoms with Crippen LogP contribution in [0.5, 0.6) is 0 Å². The first-order chi connectivity index (χ1) is 8.15. The summed E-state index contributed by atoms with van der Waals surface area (Å²) in [5.74, 6) is 0.318. The molecule has 3 nitrogen and oxygen atoms in total. The molecule has 0 saturated carbocycles. The van der Waals surface area contributed by atoms with Crippen molar-refractivity contribution in [2.45, 2.75) is 58.0 Å². The molecule has 2 rings (SSSR count). The van der Waals surface area contributed by atoms with Crippen LogP contribution < -0.4 is 5.32 Å². The van der Waals surface area contributed by atoms with Crippen molar-refractivity contribution in [3.63, 3.8) is 0 Å². The van der Waals surface area contributed by atoms with Crippen molar-refractivity contribution in [1.29, 1.82) is 0 Å².